The number of amides is 1. The Bertz CT molecular complexity index is 1190. The number of alkyl halides is 3. The molecular formula is C21H21F3N6O2. The molecule has 32 heavy (non-hydrogen) atoms. The molecule has 2 atom stereocenters. The zero-order chi connectivity index (χ0) is 22.5. The molecule has 0 bridgehead atoms. The number of aromatic nitrogens is 3. The van der Waals surface area contributed by atoms with Gasteiger partial charge in [0, 0.05) is 41.5 Å². The molecule has 1 fully saturated rings. The third-order valence-electron chi connectivity index (χ3n) is 5.80. The Morgan fingerprint density at radius 3 is 2.88 bits per heavy atom. The summed E-state index contributed by atoms with van der Waals surface area (Å²) in [6, 6.07) is 3.37. The number of aromatic amines is 1. The third kappa shape index (κ3) is 3.62. The summed E-state index contributed by atoms with van der Waals surface area (Å²) in [5.41, 5.74) is 0.983. The number of rotatable bonds is 3. The molecule has 3 aromatic rings. The highest BCUT2D eigenvalue weighted by atomic mass is 19.4. The highest BCUT2D eigenvalue weighted by Crippen LogP contribution is 2.42. The van der Waals surface area contributed by atoms with Gasteiger partial charge in [-0.3, -0.25) is 5.32 Å². The lowest BCUT2D eigenvalue weighted by atomic mass is 9.99. The topological polar surface area (TPSA) is 104 Å². The van der Waals surface area contributed by atoms with Crippen molar-refractivity contribution in [2.45, 2.75) is 38.1 Å². The second kappa shape index (κ2) is 7.66. The minimum Gasteiger partial charge on any atom is -0.441 e. The van der Waals surface area contributed by atoms with E-state index in [2.05, 4.69) is 30.9 Å². The number of nitrogens with one attached hydrogen (secondary N) is 4. The summed E-state index contributed by atoms with van der Waals surface area (Å²) in [4.78, 5) is 22.9. The maximum absolute atomic E-state index is 13.8. The van der Waals surface area contributed by atoms with Gasteiger partial charge in [0.25, 0.3) is 0 Å². The zero-order valence-electron chi connectivity index (χ0n) is 17.1. The smallest absolute Gasteiger partial charge is 0.419 e. The minimum absolute atomic E-state index is 0.0462. The number of fused-ring (bicyclic) bond motifs is 3. The Morgan fingerprint density at radius 1 is 1.28 bits per heavy atom. The molecule has 2 aliphatic heterocycles. The van der Waals surface area contributed by atoms with E-state index in [1.54, 1.807) is 19.1 Å². The molecule has 168 valence electrons. The average Bonchev–Trinajstić information content (AvgIpc) is 3.17. The first-order valence-electron chi connectivity index (χ1n) is 10.3. The summed E-state index contributed by atoms with van der Waals surface area (Å²) in [7, 11) is 0. The molecular weight excluding hydrogens is 425 g/mol. The largest absolute Gasteiger partial charge is 0.441 e. The van der Waals surface area contributed by atoms with E-state index in [9.17, 15) is 18.0 Å². The van der Waals surface area contributed by atoms with Gasteiger partial charge in [0.05, 0.1) is 16.9 Å². The van der Waals surface area contributed by atoms with Crippen molar-refractivity contribution in [2.24, 2.45) is 0 Å². The first kappa shape index (κ1) is 20.6. The van der Waals surface area contributed by atoms with Gasteiger partial charge in [-0.2, -0.15) is 13.2 Å². The molecule has 1 unspecified atom stereocenters. The van der Waals surface area contributed by atoms with Gasteiger partial charge in [0.15, 0.2) is 0 Å². The fourth-order valence-corrected chi connectivity index (χ4v) is 4.33. The standard InChI is InChI=1S/C21H21F3N6O2/c1-10-16-15(29-20(31)32-10)5-4-12-13(8-26-18(12)16)17-14(21(22,23)24)9-27-19(30-17)28-11-3-2-6-25-7-11/h4-5,8-11,25-26H,2-3,6-7H2,1H3,(H,29,31)(H,27,28,30)/t10?,11-/m0/s1. The molecule has 1 amide bonds. The summed E-state index contributed by atoms with van der Waals surface area (Å²) in [5, 5.41) is 9.56. The number of nitrogens with zero attached hydrogens (tertiary/aromatic N) is 2. The van der Waals surface area contributed by atoms with E-state index in [-0.39, 0.29) is 17.7 Å². The van der Waals surface area contributed by atoms with E-state index in [4.69, 9.17) is 4.74 Å². The number of hydrogen-bond donors (Lipinski definition) is 4. The molecule has 0 aliphatic carbocycles. The van der Waals surface area contributed by atoms with Gasteiger partial charge in [-0.05, 0) is 32.4 Å². The average molecular weight is 446 g/mol. The maximum atomic E-state index is 13.8. The van der Waals surface area contributed by atoms with Crippen molar-refractivity contribution in [3.05, 3.63) is 35.7 Å². The Kier molecular flexibility index (Phi) is 4.92. The molecule has 0 radical (unpaired) electrons. The van der Waals surface area contributed by atoms with Crippen molar-refractivity contribution >= 4 is 28.6 Å². The van der Waals surface area contributed by atoms with Crippen molar-refractivity contribution in [3.8, 4) is 11.3 Å². The van der Waals surface area contributed by atoms with Gasteiger partial charge in [-0.15, -0.1) is 0 Å². The number of halogens is 3. The highest BCUT2D eigenvalue weighted by molar-refractivity contribution is 6.02. The molecule has 0 spiro atoms. The third-order valence-corrected chi connectivity index (χ3v) is 5.80. The molecule has 1 saturated heterocycles. The van der Waals surface area contributed by atoms with Crippen molar-refractivity contribution < 1.29 is 22.7 Å². The molecule has 0 saturated carbocycles. The lowest BCUT2D eigenvalue weighted by Gasteiger charge is -2.24. The van der Waals surface area contributed by atoms with E-state index in [1.165, 1.54) is 6.20 Å². The van der Waals surface area contributed by atoms with E-state index in [1.807, 2.05) is 0 Å². The van der Waals surface area contributed by atoms with Crippen LogP contribution < -0.4 is 16.0 Å². The molecule has 11 heteroatoms. The second-order valence-electron chi connectivity index (χ2n) is 7.97. The molecule has 2 aromatic heterocycles. The minimum atomic E-state index is -4.62. The molecule has 2 aliphatic rings. The quantitative estimate of drug-likeness (QED) is 0.475. The van der Waals surface area contributed by atoms with E-state index in [0.29, 0.717) is 34.3 Å². The highest BCUT2D eigenvalue weighted by Gasteiger charge is 2.36. The fraction of sp³-hybridized carbons (Fsp3) is 0.381. The van der Waals surface area contributed by atoms with Crippen molar-refractivity contribution in [1.82, 2.24) is 20.3 Å². The predicted octanol–water partition coefficient (Wildman–Crippen LogP) is 4.43. The van der Waals surface area contributed by atoms with Crippen LogP contribution in [0.2, 0.25) is 0 Å². The summed E-state index contributed by atoms with van der Waals surface area (Å²) in [6.45, 7) is 3.33. The molecule has 5 rings (SSSR count). The van der Waals surface area contributed by atoms with Crippen molar-refractivity contribution in [1.29, 1.82) is 0 Å². The molecule has 4 heterocycles. The van der Waals surface area contributed by atoms with Crippen LogP contribution in [0.3, 0.4) is 0 Å². The first-order valence-corrected chi connectivity index (χ1v) is 10.3. The van der Waals surface area contributed by atoms with Gasteiger partial charge in [0.1, 0.15) is 11.7 Å². The normalized spacial score (nSPS) is 21.1. The molecule has 4 N–H and O–H groups in total. The van der Waals surface area contributed by atoms with Crippen LogP contribution in [-0.4, -0.2) is 40.2 Å². The van der Waals surface area contributed by atoms with Gasteiger partial charge >= 0.3 is 12.3 Å². The number of cyclic esters (lactones) is 1. The van der Waals surface area contributed by atoms with E-state index in [0.717, 1.165) is 25.6 Å². The van der Waals surface area contributed by atoms with Crippen molar-refractivity contribution in [3.63, 3.8) is 0 Å². The number of hydrogen-bond acceptors (Lipinski definition) is 6. The zero-order valence-corrected chi connectivity index (χ0v) is 17.1. The number of H-pyrrole nitrogens is 1. The van der Waals surface area contributed by atoms with E-state index >= 15 is 0 Å². The Balaban J connectivity index is 1.62. The Morgan fingerprint density at radius 2 is 2.12 bits per heavy atom. The number of ether oxygens (including phenoxy) is 1. The van der Waals surface area contributed by atoms with Crippen LogP contribution in [0, 0.1) is 0 Å². The van der Waals surface area contributed by atoms with Gasteiger partial charge in [0.2, 0.25) is 5.95 Å². The predicted molar refractivity (Wildman–Crippen MR) is 112 cm³/mol. The van der Waals surface area contributed by atoms with E-state index < -0.39 is 23.9 Å². The SMILES string of the molecule is CC1OC(=O)Nc2ccc3c(-c4nc(N[C@H]5CCCNC5)ncc4C(F)(F)F)c[nH]c3c21. The summed E-state index contributed by atoms with van der Waals surface area (Å²) < 4.78 is 46.7. The number of carbonyl (C=O) groups is 1. The first-order chi connectivity index (χ1) is 15.3. The molecule has 1 aromatic carbocycles. The summed E-state index contributed by atoms with van der Waals surface area (Å²) in [5.74, 6) is 0.151. The maximum Gasteiger partial charge on any atom is 0.419 e. The number of piperidine rings is 1. The van der Waals surface area contributed by atoms with Crippen LogP contribution in [0.4, 0.5) is 29.6 Å². The van der Waals surface area contributed by atoms with Gasteiger partial charge in [-0.1, -0.05) is 6.07 Å². The van der Waals surface area contributed by atoms with Gasteiger partial charge in [-0.25, -0.2) is 14.8 Å². The fourth-order valence-electron chi connectivity index (χ4n) is 4.33. The van der Waals surface area contributed by atoms with Crippen LogP contribution in [0.1, 0.15) is 37.0 Å². The van der Waals surface area contributed by atoms with Crippen LogP contribution in [-0.2, 0) is 10.9 Å². The van der Waals surface area contributed by atoms with Crippen molar-refractivity contribution in [2.75, 3.05) is 23.7 Å². The summed E-state index contributed by atoms with van der Waals surface area (Å²) >= 11 is 0. The second-order valence-corrected chi connectivity index (χ2v) is 7.97. The lowest BCUT2D eigenvalue weighted by molar-refractivity contribution is -0.137. The lowest BCUT2D eigenvalue weighted by Crippen LogP contribution is -2.38. The number of benzene rings is 1. The van der Waals surface area contributed by atoms with Crippen LogP contribution in [0.25, 0.3) is 22.2 Å². The monoisotopic (exact) mass is 446 g/mol. The Labute approximate surface area is 181 Å². The van der Waals surface area contributed by atoms with Crippen LogP contribution in [0.15, 0.2) is 24.5 Å². The Hall–Kier alpha value is -3.34. The number of carbonyl (C=O) groups excluding carboxylic acids is 1. The summed E-state index contributed by atoms with van der Waals surface area (Å²) in [6.07, 6.45) is -1.58. The number of anilines is 2. The molecule has 8 nitrogen and oxygen atoms in total. The van der Waals surface area contributed by atoms with Crippen LogP contribution >= 0.6 is 0 Å². The van der Waals surface area contributed by atoms with Crippen LogP contribution in [0.5, 0.6) is 0 Å². The van der Waals surface area contributed by atoms with Gasteiger partial charge < -0.3 is 20.4 Å².